The monoisotopic (exact) mass is 228 g/mol. The molecule has 0 radical (unpaired) electrons. The molecule has 1 heterocycles. The number of halogens is 1. The molecule has 1 unspecified atom stereocenters. The van der Waals surface area contributed by atoms with E-state index in [1.54, 1.807) is 12.4 Å². The van der Waals surface area contributed by atoms with Crippen molar-refractivity contribution >= 4 is 17.5 Å². The fourth-order valence-corrected chi connectivity index (χ4v) is 1.45. The van der Waals surface area contributed by atoms with Crippen LogP contribution in [0.5, 0.6) is 0 Å². The van der Waals surface area contributed by atoms with E-state index >= 15 is 0 Å². The van der Waals surface area contributed by atoms with Crippen molar-refractivity contribution in [3.05, 3.63) is 17.4 Å². The summed E-state index contributed by atoms with van der Waals surface area (Å²) in [6.45, 7) is 4.09. The number of aromatic nitrogens is 2. The van der Waals surface area contributed by atoms with Crippen LogP contribution in [0.1, 0.15) is 6.92 Å². The maximum Gasteiger partial charge on any atom is 0.222 e. The molecule has 0 amide bonds. The normalized spacial score (nSPS) is 12.9. The molecule has 1 N–H and O–H groups in total. The van der Waals surface area contributed by atoms with Gasteiger partial charge in [0, 0.05) is 13.1 Å². The molecule has 0 fully saturated rings. The van der Waals surface area contributed by atoms with E-state index in [0.717, 1.165) is 13.1 Å². The minimum absolute atomic E-state index is 0.555. The Kier molecular flexibility index (Phi) is 4.78. The Balaban J connectivity index is 2.33. The standard InChI is InChI=1S/C10H17ClN4/c1-8(7-15(2)3)4-12-10-13-5-9(11)6-14-10/h5-6,8H,4,7H2,1-3H3,(H,12,13,14). The predicted octanol–water partition coefficient (Wildman–Crippen LogP) is 1.74. The van der Waals surface area contributed by atoms with Crippen LogP contribution in [0.2, 0.25) is 5.02 Å². The first-order valence-corrected chi connectivity index (χ1v) is 5.32. The molecule has 0 aromatic carbocycles. The minimum Gasteiger partial charge on any atom is -0.354 e. The number of rotatable bonds is 5. The highest BCUT2D eigenvalue weighted by Crippen LogP contribution is 2.06. The smallest absolute Gasteiger partial charge is 0.222 e. The van der Waals surface area contributed by atoms with Crippen molar-refractivity contribution < 1.29 is 0 Å². The number of nitrogens with zero attached hydrogens (tertiary/aromatic N) is 3. The van der Waals surface area contributed by atoms with Crippen molar-refractivity contribution in [2.75, 3.05) is 32.5 Å². The van der Waals surface area contributed by atoms with Gasteiger partial charge in [-0.05, 0) is 20.0 Å². The molecule has 1 rings (SSSR count). The molecule has 0 aliphatic rings. The third-order valence-corrected chi connectivity index (χ3v) is 2.10. The van der Waals surface area contributed by atoms with Crippen LogP contribution in [-0.2, 0) is 0 Å². The summed E-state index contributed by atoms with van der Waals surface area (Å²) in [5.41, 5.74) is 0. The first-order chi connectivity index (χ1) is 7.08. The molecule has 0 bridgehead atoms. The third kappa shape index (κ3) is 4.95. The van der Waals surface area contributed by atoms with E-state index in [4.69, 9.17) is 11.6 Å². The highest BCUT2D eigenvalue weighted by Gasteiger charge is 2.04. The summed E-state index contributed by atoms with van der Waals surface area (Å²) in [7, 11) is 4.13. The van der Waals surface area contributed by atoms with Crippen LogP contribution < -0.4 is 5.32 Å². The van der Waals surface area contributed by atoms with E-state index in [-0.39, 0.29) is 0 Å². The molecular weight excluding hydrogens is 212 g/mol. The van der Waals surface area contributed by atoms with Gasteiger partial charge in [-0.15, -0.1) is 0 Å². The van der Waals surface area contributed by atoms with Crippen LogP contribution in [0, 0.1) is 5.92 Å². The van der Waals surface area contributed by atoms with Crippen LogP contribution in [0.25, 0.3) is 0 Å². The molecule has 84 valence electrons. The quantitative estimate of drug-likeness (QED) is 0.834. The lowest BCUT2D eigenvalue weighted by atomic mass is 10.2. The van der Waals surface area contributed by atoms with Crippen molar-refractivity contribution in [2.45, 2.75) is 6.92 Å². The summed E-state index contributed by atoms with van der Waals surface area (Å²) in [5, 5.41) is 3.73. The van der Waals surface area contributed by atoms with Gasteiger partial charge in [0.15, 0.2) is 0 Å². The van der Waals surface area contributed by atoms with Crippen molar-refractivity contribution in [3.8, 4) is 0 Å². The van der Waals surface area contributed by atoms with Crippen LogP contribution in [-0.4, -0.2) is 42.1 Å². The summed E-state index contributed by atoms with van der Waals surface area (Å²) in [5.74, 6) is 1.18. The van der Waals surface area contributed by atoms with Crippen molar-refractivity contribution in [1.82, 2.24) is 14.9 Å². The molecular formula is C10H17ClN4. The molecule has 0 saturated heterocycles. The third-order valence-electron chi connectivity index (χ3n) is 1.91. The second-order valence-corrected chi connectivity index (χ2v) is 4.41. The Morgan fingerprint density at radius 1 is 1.40 bits per heavy atom. The van der Waals surface area contributed by atoms with E-state index < -0.39 is 0 Å². The van der Waals surface area contributed by atoms with Crippen LogP contribution in [0.3, 0.4) is 0 Å². The Hall–Kier alpha value is -0.870. The average Bonchev–Trinajstić information content (AvgIpc) is 2.16. The van der Waals surface area contributed by atoms with E-state index in [9.17, 15) is 0 Å². The lowest BCUT2D eigenvalue weighted by molar-refractivity contribution is 0.347. The molecule has 0 saturated carbocycles. The van der Waals surface area contributed by atoms with E-state index in [0.29, 0.717) is 16.9 Å². The summed E-state index contributed by atoms with van der Waals surface area (Å²) in [6, 6.07) is 0. The van der Waals surface area contributed by atoms with Crippen molar-refractivity contribution in [2.24, 2.45) is 5.92 Å². The van der Waals surface area contributed by atoms with Gasteiger partial charge >= 0.3 is 0 Å². The Morgan fingerprint density at radius 3 is 2.53 bits per heavy atom. The predicted molar refractivity (Wildman–Crippen MR) is 63.2 cm³/mol. The summed E-state index contributed by atoms with van der Waals surface area (Å²) < 4.78 is 0. The molecule has 5 heteroatoms. The maximum atomic E-state index is 5.68. The second-order valence-electron chi connectivity index (χ2n) is 3.97. The van der Waals surface area contributed by atoms with E-state index in [1.807, 2.05) is 0 Å². The first-order valence-electron chi connectivity index (χ1n) is 4.94. The molecule has 1 aromatic heterocycles. The summed E-state index contributed by atoms with van der Waals surface area (Å²) in [6.07, 6.45) is 3.18. The largest absolute Gasteiger partial charge is 0.354 e. The van der Waals surface area contributed by atoms with Gasteiger partial charge in [-0.25, -0.2) is 9.97 Å². The zero-order chi connectivity index (χ0) is 11.3. The van der Waals surface area contributed by atoms with Gasteiger partial charge in [0.1, 0.15) is 0 Å². The topological polar surface area (TPSA) is 41.1 Å². The first kappa shape index (κ1) is 12.2. The fraction of sp³-hybridized carbons (Fsp3) is 0.600. The molecule has 1 aromatic rings. The van der Waals surface area contributed by atoms with Gasteiger partial charge in [0.05, 0.1) is 17.4 Å². The van der Waals surface area contributed by atoms with Crippen molar-refractivity contribution in [3.63, 3.8) is 0 Å². The highest BCUT2D eigenvalue weighted by atomic mass is 35.5. The van der Waals surface area contributed by atoms with Crippen LogP contribution >= 0.6 is 11.6 Å². The van der Waals surface area contributed by atoms with Crippen LogP contribution in [0.4, 0.5) is 5.95 Å². The maximum absolute atomic E-state index is 5.68. The fourth-order valence-electron chi connectivity index (χ4n) is 1.36. The lowest BCUT2D eigenvalue weighted by Gasteiger charge is -2.17. The number of anilines is 1. The molecule has 0 aliphatic carbocycles. The molecule has 0 spiro atoms. The van der Waals surface area contributed by atoms with Gasteiger partial charge in [-0.3, -0.25) is 0 Å². The SMILES string of the molecule is CC(CNc1ncc(Cl)cn1)CN(C)C. The Labute approximate surface area is 95.7 Å². The summed E-state index contributed by atoms with van der Waals surface area (Å²) in [4.78, 5) is 10.3. The van der Waals surface area contributed by atoms with E-state index in [2.05, 4.69) is 41.2 Å². The van der Waals surface area contributed by atoms with Crippen LogP contribution in [0.15, 0.2) is 12.4 Å². The zero-order valence-corrected chi connectivity index (χ0v) is 10.1. The van der Waals surface area contributed by atoms with Gasteiger partial charge < -0.3 is 10.2 Å². The molecule has 4 nitrogen and oxygen atoms in total. The Morgan fingerprint density at radius 2 is 2.00 bits per heavy atom. The molecule has 1 atom stereocenters. The second kappa shape index (κ2) is 5.88. The summed E-state index contributed by atoms with van der Waals surface area (Å²) >= 11 is 5.68. The number of nitrogens with one attached hydrogen (secondary N) is 1. The zero-order valence-electron chi connectivity index (χ0n) is 9.37. The molecule has 0 aliphatic heterocycles. The van der Waals surface area contributed by atoms with E-state index in [1.165, 1.54) is 0 Å². The highest BCUT2D eigenvalue weighted by molar-refractivity contribution is 6.30. The van der Waals surface area contributed by atoms with Gasteiger partial charge in [-0.1, -0.05) is 18.5 Å². The molecule has 15 heavy (non-hydrogen) atoms. The van der Waals surface area contributed by atoms with Crippen molar-refractivity contribution in [1.29, 1.82) is 0 Å². The van der Waals surface area contributed by atoms with Gasteiger partial charge in [-0.2, -0.15) is 0 Å². The Bertz CT molecular complexity index is 286. The number of hydrogen-bond acceptors (Lipinski definition) is 4. The minimum atomic E-state index is 0.555. The number of hydrogen-bond donors (Lipinski definition) is 1. The lowest BCUT2D eigenvalue weighted by Crippen LogP contribution is -2.25. The van der Waals surface area contributed by atoms with Gasteiger partial charge in [0.25, 0.3) is 0 Å². The van der Waals surface area contributed by atoms with Gasteiger partial charge in [0.2, 0.25) is 5.95 Å². The average molecular weight is 229 g/mol.